The maximum Gasteiger partial charge on any atom is 0.306 e. The molecule has 6 nitrogen and oxygen atoms in total. The molecule has 0 bridgehead atoms. The monoisotopic (exact) mass is 892 g/mol. The topological polar surface area (TPSA) is 95.9 Å². The highest BCUT2D eigenvalue weighted by atomic mass is 16.5. The zero-order valence-corrected chi connectivity index (χ0v) is 41.9. The Labute approximate surface area is 395 Å². The first-order valence-electron chi connectivity index (χ1n) is 26.9. The van der Waals surface area contributed by atoms with Crippen LogP contribution in [0.3, 0.4) is 0 Å². The van der Waals surface area contributed by atoms with Crippen LogP contribution in [0.5, 0.6) is 0 Å². The van der Waals surface area contributed by atoms with Gasteiger partial charge in [0.1, 0.15) is 6.10 Å². The van der Waals surface area contributed by atoms with Crippen molar-refractivity contribution in [3.63, 3.8) is 0 Å². The van der Waals surface area contributed by atoms with Crippen LogP contribution in [-0.4, -0.2) is 46.9 Å². The number of hydrogen-bond donors (Lipinski definition) is 3. The van der Waals surface area contributed by atoms with Crippen molar-refractivity contribution in [3.8, 4) is 0 Å². The van der Waals surface area contributed by atoms with Gasteiger partial charge in [0.05, 0.1) is 25.2 Å². The molecule has 0 aliphatic heterocycles. The largest absolute Gasteiger partial charge is 0.462 e. The Hall–Kier alpha value is -2.96. The fourth-order valence-electron chi connectivity index (χ4n) is 7.68. The molecule has 0 saturated heterocycles. The summed E-state index contributed by atoms with van der Waals surface area (Å²) in [5.41, 5.74) is 0. The average molecular weight is 892 g/mol. The zero-order valence-electron chi connectivity index (χ0n) is 41.9. The lowest BCUT2D eigenvalue weighted by Gasteiger charge is -2.24. The highest BCUT2D eigenvalue weighted by molar-refractivity contribution is 5.77. The van der Waals surface area contributed by atoms with Gasteiger partial charge in [-0.1, -0.05) is 228 Å². The van der Waals surface area contributed by atoms with Crippen LogP contribution in [0.15, 0.2) is 85.1 Å². The highest BCUT2D eigenvalue weighted by Gasteiger charge is 2.24. The number of carbonyl (C=O) groups is 2. The minimum atomic E-state index is -0.802. The summed E-state index contributed by atoms with van der Waals surface area (Å²) >= 11 is 0. The van der Waals surface area contributed by atoms with Gasteiger partial charge in [0, 0.05) is 6.42 Å². The third-order valence-corrected chi connectivity index (χ3v) is 11.8. The summed E-state index contributed by atoms with van der Waals surface area (Å²) in [4.78, 5) is 26.2. The fraction of sp³-hybridized carbons (Fsp3) is 0.724. The van der Waals surface area contributed by atoms with Crippen molar-refractivity contribution in [1.82, 2.24) is 5.32 Å². The van der Waals surface area contributed by atoms with Gasteiger partial charge < -0.3 is 20.3 Å². The van der Waals surface area contributed by atoms with Gasteiger partial charge in [-0.15, -0.1) is 0 Å². The summed E-state index contributed by atoms with van der Waals surface area (Å²) < 4.78 is 5.93. The van der Waals surface area contributed by atoms with Crippen molar-refractivity contribution < 1.29 is 24.5 Å². The normalized spacial score (nSPS) is 13.9. The van der Waals surface area contributed by atoms with Crippen molar-refractivity contribution in [1.29, 1.82) is 0 Å². The molecular formula is C58H101NO5. The Kier molecular flexibility index (Phi) is 48.7. The lowest BCUT2D eigenvalue weighted by atomic mass is 10.0. The van der Waals surface area contributed by atoms with E-state index < -0.39 is 18.2 Å². The van der Waals surface area contributed by atoms with Gasteiger partial charge in [-0.25, -0.2) is 0 Å². The lowest BCUT2D eigenvalue weighted by Crippen LogP contribution is -2.46. The third kappa shape index (κ3) is 45.6. The first-order valence-corrected chi connectivity index (χ1v) is 26.9. The van der Waals surface area contributed by atoms with Crippen LogP contribution in [0.4, 0.5) is 0 Å². The molecule has 64 heavy (non-hydrogen) atoms. The molecule has 368 valence electrons. The maximum absolute atomic E-state index is 13.2. The SMILES string of the molecule is CCCCC/C=C\C/C=C\C/C=C\CCCCCCC(CC(=O)NC(CO)C(O)CCCCCCCCCCCC)OC(=O)CCCCCCC/C=C/C=C/C=C/C=C/CCCCC. The number of rotatable bonds is 47. The van der Waals surface area contributed by atoms with E-state index in [1.165, 1.54) is 89.9 Å². The molecule has 0 saturated carbocycles. The molecule has 0 aliphatic rings. The van der Waals surface area contributed by atoms with E-state index in [1.807, 2.05) is 0 Å². The Balaban J connectivity index is 4.69. The van der Waals surface area contributed by atoms with Crippen LogP contribution >= 0.6 is 0 Å². The predicted octanol–water partition coefficient (Wildman–Crippen LogP) is 16.3. The Bertz CT molecular complexity index is 1230. The summed E-state index contributed by atoms with van der Waals surface area (Å²) in [7, 11) is 0. The molecule has 3 N–H and O–H groups in total. The second-order valence-electron chi connectivity index (χ2n) is 18.0. The van der Waals surface area contributed by atoms with Crippen molar-refractivity contribution in [2.45, 2.75) is 264 Å². The molecule has 3 unspecified atom stereocenters. The molecule has 1 amide bonds. The van der Waals surface area contributed by atoms with E-state index in [2.05, 4.69) is 111 Å². The van der Waals surface area contributed by atoms with Gasteiger partial charge in [-0.05, 0) is 89.9 Å². The van der Waals surface area contributed by atoms with E-state index >= 15 is 0 Å². The fourth-order valence-corrected chi connectivity index (χ4v) is 7.68. The third-order valence-electron chi connectivity index (χ3n) is 11.8. The number of nitrogens with one attached hydrogen (secondary N) is 1. The van der Waals surface area contributed by atoms with E-state index in [9.17, 15) is 19.8 Å². The minimum absolute atomic E-state index is 0.0489. The van der Waals surface area contributed by atoms with Crippen molar-refractivity contribution in [2.75, 3.05) is 6.61 Å². The van der Waals surface area contributed by atoms with Crippen LogP contribution in [0.2, 0.25) is 0 Å². The predicted molar refractivity (Wildman–Crippen MR) is 278 cm³/mol. The number of hydrogen-bond acceptors (Lipinski definition) is 5. The summed E-state index contributed by atoms with van der Waals surface area (Å²) in [5, 5.41) is 23.7. The Morgan fingerprint density at radius 2 is 0.859 bits per heavy atom. The maximum atomic E-state index is 13.2. The number of carbonyl (C=O) groups excluding carboxylic acids is 2. The molecule has 6 heteroatoms. The highest BCUT2D eigenvalue weighted by Crippen LogP contribution is 2.17. The van der Waals surface area contributed by atoms with Crippen LogP contribution in [0, 0.1) is 0 Å². The number of unbranched alkanes of at least 4 members (excludes halogenated alkanes) is 24. The number of aliphatic hydroxyl groups excluding tert-OH is 2. The lowest BCUT2D eigenvalue weighted by molar-refractivity contribution is -0.151. The average Bonchev–Trinajstić information content (AvgIpc) is 3.29. The molecule has 0 aromatic heterocycles. The van der Waals surface area contributed by atoms with Gasteiger partial charge >= 0.3 is 5.97 Å². The molecule has 3 atom stereocenters. The summed E-state index contributed by atoms with van der Waals surface area (Å²) in [6.45, 7) is 6.39. The van der Waals surface area contributed by atoms with Gasteiger partial charge in [-0.3, -0.25) is 9.59 Å². The van der Waals surface area contributed by atoms with Crippen LogP contribution in [0.1, 0.15) is 245 Å². The smallest absolute Gasteiger partial charge is 0.306 e. The van der Waals surface area contributed by atoms with Gasteiger partial charge in [0.15, 0.2) is 0 Å². The summed E-state index contributed by atoms with van der Waals surface area (Å²) in [6, 6.07) is -0.718. The van der Waals surface area contributed by atoms with Crippen LogP contribution in [-0.2, 0) is 14.3 Å². The number of aliphatic hydroxyl groups is 2. The molecule has 0 spiro atoms. The standard InChI is InChI=1S/C58H101NO5/c1-4-7-10-13-16-19-22-24-26-28-30-32-34-36-39-42-45-48-51-58(63)64-54(49-46-43-40-37-35-33-31-29-27-25-23-20-17-14-11-8-5-2)52-57(62)59-55(53-60)56(61)50-47-44-41-38-21-18-15-12-9-6-3/h16-17,19-20,22,24-28,30-33,54-56,60-61H,4-15,18,21,23,29,34-53H2,1-3H3,(H,59,62)/b19-16+,20-17-,24-22+,27-25-,28-26+,32-30+,33-31-. The number of ether oxygens (including phenoxy) is 1. The number of amides is 1. The molecule has 0 fully saturated rings. The summed E-state index contributed by atoms with van der Waals surface area (Å²) in [5.74, 6) is -0.525. The molecule has 0 radical (unpaired) electrons. The van der Waals surface area contributed by atoms with Gasteiger partial charge in [0.2, 0.25) is 5.91 Å². The van der Waals surface area contributed by atoms with E-state index in [4.69, 9.17) is 4.74 Å². The first-order chi connectivity index (χ1) is 31.5. The Morgan fingerprint density at radius 3 is 1.38 bits per heavy atom. The number of allylic oxidation sites excluding steroid dienone is 14. The molecule has 0 heterocycles. The van der Waals surface area contributed by atoms with E-state index in [1.54, 1.807) is 0 Å². The van der Waals surface area contributed by atoms with Gasteiger partial charge in [-0.2, -0.15) is 0 Å². The second-order valence-corrected chi connectivity index (χ2v) is 18.0. The molecular weight excluding hydrogens is 791 g/mol. The van der Waals surface area contributed by atoms with E-state index in [0.717, 1.165) is 109 Å². The molecule has 0 aromatic carbocycles. The van der Waals surface area contributed by atoms with Gasteiger partial charge in [0.25, 0.3) is 0 Å². The van der Waals surface area contributed by atoms with Crippen molar-refractivity contribution in [3.05, 3.63) is 85.1 Å². The number of esters is 1. The van der Waals surface area contributed by atoms with Crippen molar-refractivity contribution >= 4 is 11.9 Å². The molecule has 0 aliphatic carbocycles. The van der Waals surface area contributed by atoms with Crippen LogP contribution in [0.25, 0.3) is 0 Å². The first kappa shape index (κ1) is 61.0. The molecule has 0 aromatic rings. The quantitative estimate of drug-likeness (QED) is 0.0245. The summed E-state index contributed by atoms with van der Waals surface area (Å²) in [6.07, 6.45) is 66.3. The Morgan fingerprint density at radius 1 is 0.469 bits per heavy atom. The van der Waals surface area contributed by atoms with Crippen molar-refractivity contribution in [2.24, 2.45) is 0 Å². The van der Waals surface area contributed by atoms with E-state index in [-0.39, 0.29) is 24.9 Å². The zero-order chi connectivity index (χ0) is 46.7. The van der Waals surface area contributed by atoms with Crippen LogP contribution < -0.4 is 5.32 Å². The second kappa shape index (κ2) is 51.0. The molecule has 0 rings (SSSR count). The minimum Gasteiger partial charge on any atom is -0.462 e. The van der Waals surface area contributed by atoms with E-state index in [0.29, 0.717) is 19.3 Å².